The third-order valence-electron chi connectivity index (χ3n) is 3.63. The molecule has 0 aliphatic rings. The molecule has 1 aromatic carbocycles. The Hall–Kier alpha value is 0.159. The molecule has 1 aromatic rings. The fourth-order valence-electron chi connectivity index (χ4n) is 2.19. The number of benzene rings is 1. The molecule has 0 heterocycles. The number of halogens is 3. The number of hydrogen-bond donors (Lipinski definition) is 1. The van der Waals surface area contributed by atoms with Crippen LogP contribution in [-0.4, -0.2) is 30.8 Å². The maximum Gasteiger partial charge on any atom is 0.152 e. The van der Waals surface area contributed by atoms with Crippen molar-refractivity contribution < 1.29 is 15.0 Å². The second-order valence-corrected chi connectivity index (χ2v) is 16.1. The zero-order valence-electron chi connectivity index (χ0n) is 16.9. The molecular formula is C20H33Cl3O3Sn. The number of carboxylic acid groups (broad SMARTS) is 1. The van der Waals surface area contributed by atoms with Crippen LogP contribution in [0.3, 0.4) is 0 Å². The van der Waals surface area contributed by atoms with Gasteiger partial charge in [-0.1, -0.05) is 34.8 Å². The van der Waals surface area contributed by atoms with Gasteiger partial charge in [0.05, 0.1) is 10.0 Å². The summed E-state index contributed by atoms with van der Waals surface area (Å²) in [6.07, 6.45) is 8.85. The monoisotopic (exact) mass is 546 g/mol. The molecule has 0 fully saturated rings. The molecule has 156 valence electrons. The Labute approximate surface area is 187 Å². The first-order chi connectivity index (χ1) is 12.7. The standard InChI is InChI=1S/C6H3Cl3O.3C4H9.C2H4O2.Sn/c7-3-1-4(8)6(10)5(9)2-3;3*1-3-4-2;1-2(3)4;/h1-2,10H;3*1,3-4H2,2H3;1H3,(H,3,4);/q;;;;;+1/p-1. The van der Waals surface area contributed by atoms with E-state index in [4.69, 9.17) is 49.8 Å². The van der Waals surface area contributed by atoms with E-state index in [2.05, 4.69) is 20.8 Å². The summed E-state index contributed by atoms with van der Waals surface area (Å²) in [5, 5.41) is 18.6. The van der Waals surface area contributed by atoms with Crippen molar-refractivity contribution in [3.63, 3.8) is 0 Å². The number of rotatable bonds is 9. The Morgan fingerprint density at radius 2 is 1.22 bits per heavy atom. The Kier molecular flexibility index (Phi) is 21.2. The summed E-state index contributed by atoms with van der Waals surface area (Å²) in [5.41, 5.74) is 0. The predicted octanol–water partition coefficient (Wildman–Crippen LogP) is 6.99. The molecule has 0 saturated heterocycles. The van der Waals surface area contributed by atoms with Gasteiger partial charge in [0.1, 0.15) is 0 Å². The van der Waals surface area contributed by atoms with Crippen LogP contribution in [0.4, 0.5) is 0 Å². The first kappa shape index (κ1) is 29.4. The van der Waals surface area contributed by atoms with Crippen molar-refractivity contribution in [3.8, 4) is 5.75 Å². The number of unbranched alkanes of at least 4 members (excludes halogenated alkanes) is 3. The van der Waals surface area contributed by atoms with Gasteiger partial charge in [0.2, 0.25) is 0 Å². The van der Waals surface area contributed by atoms with Crippen LogP contribution in [0.1, 0.15) is 66.2 Å². The molecule has 0 saturated carbocycles. The summed E-state index contributed by atoms with van der Waals surface area (Å²) < 4.78 is 5.04. The minimum Gasteiger partial charge on any atom is -0.505 e. The van der Waals surface area contributed by atoms with E-state index >= 15 is 0 Å². The molecule has 0 atom stereocenters. The van der Waals surface area contributed by atoms with Gasteiger partial charge in [-0.2, -0.15) is 0 Å². The van der Waals surface area contributed by atoms with E-state index < -0.39 is 25.7 Å². The van der Waals surface area contributed by atoms with Crippen LogP contribution < -0.4 is 5.11 Å². The van der Waals surface area contributed by atoms with Gasteiger partial charge in [0, 0.05) is 11.0 Å². The van der Waals surface area contributed by atoms with E-state index in [1.165, 1.54) is 50.7 Å². The van der Waals surface area contributed by atoms with Crippen LogP contribution >= 0.6 is 34.8 Å². The summed E-state index contributed by atoms with van der Waals surface area (Å²) in [6, 6.07) is 2.84. The van der Waals surface area contributed by atoms with Crippen LogP contribution in [0.25, 0.3) is 0 Å². The SMILES string of the molecule is CC(=O)[O-].CCC[CH2][Sn+]([CH2]CCC)[CH2]CCC.Oc1c(Cl)cc(Cl)cc1Cl. The third kappa shape index (κ3) is 19.3. The Morgan fingerprint density at radius 3 is 1.48 bits per heavy atom. The van der Waals surface area contributed by atoms with E-state index in [0.717, 1.165) is 6.92 Å². The fraction of sp³-hybridized carbons (Fsp3) is 0.650. The van der Waals surface area contributed by atoms with Crippen LogP contribution in [-0.2, 0) is 4.79 Å². The second kappa shape index (κ2) is 19.5. The van der Waals surface area contributed by atoms with Crippen molar-refractivity contribution in [3.05, 3.63) is 27.2 Å². The van der Waals surface area contributed by atoms with Gasteiger partial charge in [-0.3, -0.25) is 0 Å². The van der Waals surface area contributed by atoms with E-state index in [1.54, 1.807) is 13.3 Å². The summed E-state index contributed by atoms with van der Waals surface area (Å²) >= 11 is 15.7. The maximum atomic E-state index is 9.01. The predicted molar refractivity (Wildman–Crippen MR) is 119 cm³/mol. The number of aliphatic carboxylic acids is 1. The normalized spacial score (nSPS) is 9.59. The van der Waals surface area contributed by atoms with Crippen molar-refractivity contribution in [2.24, 2.45) is 0 Å². The average Bonchev–Trinajstić information content (AvgIpc) is 2.59. The molecule has 0 spiro atoms. The molecule has 0 amide bonds. The molecule has 0 radical (unpaired) electrons. The summed E-state index contributed by atoms with van der Waals surface area (Å²) in [5.74, 6) is -1.22. The number of carbonyl (C=O) groups is 1. The van der Waals surface area contributed by atoms with Crippen LogP contribution in [0.5, 0.6) is 5.75 Å². The molecule has 1 rings (SSSR count). The van der Waals surface area contributed by atoms with Crippen LogP contribution in [0, 0.1) is 0 Å². The Bertz CT molecular complexity index is 467. The molecule has 3 nitrogen and oxygen atoms in total. The van der Waals surface area contributed by atoms with Gasteiger partial charge < -0.3 is 15.0 Å². The number of carbonyl (C=O) groups excluding carboxylic acids is 1. The van der Waals surface area contributed by atoms with Crippen LogP contribution in [0.2, 0.25) is 28.4 Å². The number of aromatic hydroxyl groups is 1. The maximum absolute atomic E-state index is 9.01. The van der Waals surface area contributed by atoms with Gasteiger partial charge in [0.25, 0.3) is 0 Å². The minimum absolute atomic E-state index is 0.132. The zero-order valence-corrected chi connectivity index (χ0v) is 22.0. The van der Waals surface area contributed by atoms with Crippen molar-refractivity contribution in [1.29, 1.82) is 0 Å². The first-order valence-electron chi connectivity index (χ1n) is 9.54. The van der Waals surface area contributed by atoms with E-state index in [1.807, 2.05) is 0 Å². The van der Waals surface area contributed by atoms with E-state index in [-0.39, 0.29) is 15.8 Å². The molecule has 27 heavy (non-hydrogen) atoms. The summed E-state index contributed by atoms with van der Waals surface area (Å²) in [4.78, 5) is 8.89. The summed E-state index contributed by atoms with van der Waals surface area (Å²) in [6.45, 7) is 7.97. The topological polar surface area (TPSA) is 60.4 Å². The van der Waals surface area contributed by atoms with Gasteiger partial charge in [0.15, 0.2) is 5.75 Å². The van der Waals surface area contributed by atoms with Crippen molar-refractivity contribution in [2.45, 2.75) is 79.5 Å². The number of carboxylic acids is 1. The van der Waals surface area contributed by atoms with Crippen LogP contribution in [0.15, 0.2) is 12.1 Å². The van der Waals surface area contributed by atoms with E-state index in [0.29, 0.717) is 5.02 Å². The van der Waals surface area contributed by atoms with Crippen molar-refractivity contribution in [2.75, 3.05) is 0 Å². The minimum atomic E-state index is -1.08. The quantitative estimate of drug-likeness (QED) is 0.340. The number of hydrogen-bond acceptors (Lipinski definition) is 3. The molecule has 0 aromatic heterocycles. The van der Waals surface area contributed by atoms with Gasteiger partial charge in [-0.15, -0.1) is 0 Å². The fourth-order valence-corrected chi connectivity index (χ4v) is 12.5. The van der Waals surface area contributed by atoms with Gasteiger partial charge in [-0.05, 0) is 19.1 Å². The molecule has 0 bridgehead atoms. The molecular weight excluding hydrogens is 513 g/mol. The molecule has 7 heteroatoms. The third-order valence-corrected chi connectivity index (χ3v) is 13.5. The number of phenolic OH excluding ortho intramolecular Hbond substituents is 1. The molecule has 1 N–H and O–H groups in total. The average molecular weight is 547 g/mol. The number of phenols is 1. The van der Waals surface area contributed by atoms with Crippen molar-refractivity contribution >= 4 is 60.5 Å². The summed E-state index contributed by atoms with van der Waals surface area (Å²) in [7, 11) is 0. The molecule has 0 aliphatic carbocycles. The second-order valence-electron chi connectivity index (χ2n) is 6.27. The zero-order chi connectivity index (χ0) is 21.2. The molecule has 0 unspecified atom stereocenters. The molecule has 0 aliphatic heterocycles. The smallest absolute Gasteiger partial charge is 0.152 e. The Balaban J connectivity index is 0. The first-order valence-corrected chi connectivity index (χ1v) is 16.7. The Morgan fingerprint density at radius 1 is 0.926 bits per heavy atom. The van der Waals surface area contributed by atoms with Crippen molar-refractivity contribution in [1.82, 2.24) is 0 Å². The van der Waals surface area contributed by atoms with E-state index in [9.17, 15) is 0 Å². The van der Waals surface area contributed by atoms with Gasteiger partial charge >= 0.3 is 92.4 Å². The van der Waals surface area contributed by atoms with Gasteiger partial charge in [-0.25, -0.2) is 0 Å². The largest absolute Gasteiger partial charge is 0.505 e.